The molecule has 37 heavy (non-hydrogen) atoms. The third-order valence-electron chi connectivity index (χ3n) is 5.66. The zero-order chi connectivity index (χ0) is 27.8. The van der Waals surface area contributed by atoms with Crippen LogP contribution in [0.1, 0.15) is 52.5 Å². The van der Waals surface area contributed by atoms with Gasteiger partial charge in [-0.25, -0.2) is 8.42 Å². The van der Waals surface area contributed by atoms with Gasteiger partial charge >= 0.3 is 0 Å². The third kappa shape index (κ3) is 9.23. The second kappa shape index (κ2) is 13.1. The molecule has 0 saturated heterocycles. The van der Waals surface area contributed by atoms with Crippen LogP contribution < -0.4 is 14.4 Å². The molecule has 0 heterocycles. The summed E-state index contributed by atoms with van der Waals surface area (Å²) >= 11 is 6.02. The Morgan fingerprint density at radius 2 is 1.70 bits per heavy atom. The fourth-order valence-corrected chi connectivity index (χ4v) is 5.07. The maximum absolute atomic E-state index is 13.5. The van der Waals surface area contributed by atoms with E-state index in [-0.39, 0.29) is 37.7 Å². The number of hydrogen-bond donors (Lipinski definition) is 1. The molecule has 2 aromatic carbocycles. The number of halogens is 1. The standard InChI is InChI=1S/C27H38ClN3O5S/c1-7-22(26(33)29-27(2,3)4)30(19-20-14-16-21(28)17-15-20)25(32)13-10-18-31(37(6,34)35)23-11-8-9-12-24(23)36-5/h8-9,11-12,14-17,22H,7,10,13,18-19H2,1-6H3,(H,29,33)/t22-/m0/s1. The van der Waals surface area contributed by atoms with Crippen molar-refractivity contribution >= 4 is 39.1 Å². The number of ether oxygens (including phenoxy) is 1. The van der Waals surface area contributed by atoms with E-state index in [1.165, 1.54) is 11.4 Å². The van der Waals surface area contributed by atoms with Crippen molar-refractivity contribution in [2.75, 3.05) is 24.2 Å². The first-order chi connectivity index (χ1) is 17.3. The first-order valence-electron chi connectivity index (χ1n) is 12.2. The summed E-state index contributed by atoms with van der Waals surface area (Å²) in [5.74, 6) is -0.0445. The van der Waals surface area contributed by atoms with Crippen LogP contribution in [0.5, 0.6) is 5.75 Å². The molecular formula is C27H38ClN3O5S. The monoisotopic (exact) mass is 551 g/mol. The van der Waals surface area contributed by atoms with Gasteiger partial charge in [-0.05, 0) is 63.4 Å². The van der Waals surface area contributed by atoms with Crippen LogP contribution >= 0.6 is 11.6 Å². The molecule has 0 radical (unpaired) electrons. The number of carbonyl (C=O) groups is 2. The molecule has 1 atom stereocenters. The van der Waals surface area contributed by atoms with Crippen LogP contribution in [0.2, 0.25) is 5.02 Å². The Balaban J connectivity index is 2.26. The summed E-state index contributed by atoms with van der Waals surface area (Å²) in [5.41, 5.74) is 0.796. The molecule has 2 rings (SSSR count). The van der Waals surface area contributed by atoms with Crippen molar-refractivity contribution in [3.8, 4) is 5.75 Å². The number of nitrogens with one attached hydrogen (secondary N) is 1. The lowest BCUT2D eigenvalue weighted by Gasteiger charge is -2.33. The van der Waals surface area contributed by atoms with Crippen molar-refractivity contribution in [3.63, 3.8) is 0 Å². The van der Waals surface area contributed by atoms with Crippen LogP contribution in [0.3, 0.4) is 0 Å². The first kappa shape index (κ1) is 30.4. The molecule has 0 fully saturated rings. The van der Waals surface area contributed by atoms with E-state index in [4.69, 9.17) is 16.3 Å². The van der Waals surface area contributed by atoms with Crippen molar-refractivity contribution in [1.82, 2.24) is 10.2 Å². The number of anilines is 1. The van der Waals surface area contributed by atoms with E-state index >= 15 is 0 Å². The van der Waals surface area contributed by atoms with E-state index in [2.05, 4.69) is 5.32 Å². The lowest BCUT2D eigenvalue weighted by atomic mass is 10.0. The van der Waals surface area contributed by atoms with Gasteiger partial charge in [0.05, 0.1) is 19.1 Å². The highest BCUT2D eigenvalue weighted by Gasteiger charge is 2.31. The Morgan fingerprint density at radius 1 is 1.08 bits per heavy atom. The van der Waals surface area contributed by atoms with Crippen LogP contribution in [-0.2, 0) is 26.2 Å². The van der Waals surface area contributed by atoms with Crippen molar-refractivity contribution in [2.45, 2.75) is 65.1 Å². The van der Waals surface area contributed by atoms with Gasteiger partial charge in [0.1, 0.15) is 11.8 Å². The zero-order valence-corrected chi connectivity index (χ0v) is 24.0. The number of hydrogen-bond acceptors (Lipinski definition) is 5. The summed E-state index contributed by atoms with van der Waals surface area (Å²) in [6.07, 6.45) is 1.88. The topological polar surface area (TPSA) is 96.0 Å². The molecule has 204 valence electrons. The maximum atomic E-state index is 13.5. The Morgan fingerprint density at radius 3 is 2.24 bits per heavy atom. The summed E-state index contributed by atoms with van der Waals surface area (Å²) in [6, 6.07) is 13.3. The van der Waals surface area contributed by atoms with Crippen molar-refractivity contribution < 1.29 is 22.7 Å². The molecule has 0 aromatic heterocycles. The zero-order valence-electron chi connectivity index (χ0n) is 22.5. The Hall–Kier alpha value is -2.78. The highest BCUT2D eigenvalue weighted by atomic mass is 35.5. The molecule has 0 aliphatic carbocycles. The smallest absolute Gasteiger partial charge is 0.243 e. The van der Waals surface area contributed by atoms with Crippen LogP contribution in [0.25, 0.3) is 0 Å². The van der Waals surface area contributed by atoms with Crippen LogP contribution in [0.15, 0.2) is 48.5 Å². The van der Waals surface area contributed by atoms with Gasteiger partial charge in [0.25, 0.3) is 0 Å². The van der Waals surface area contributed by atoms with E-state index in [1.807, 2.05) is 39.8 Å². The maximum Gasteiger partial charge on any atom is 0.243 e. The molecule has 2 amide bonds. The normalized spacial score (nSPS) is 12.5. The van der Waals surface area contributed by atoms with Gasteiger partial charge in [-0.2, -0.15) is 0 Å². The lowest BCUT2D eigenvalue weighted by molar-refractivity contribution is -0.142. The average Bonchev–Trinajstić information content (AvgIpc) is 2.81. The summed E-state index contributed by atoms with van der Waals surface area (Å²) in [4.78, 5) is 28.2. The van der Waals surface area contributed by atoms with E-state index in [0.29, 0.717) is 22.9 Å². The third-order valence-corrected chi connectivity index (χ3v) is 7.09. The fourth-order valence-electron chi connectivity index (χ4n) is 3.98. The number of sulfonamides is 1. The van der Waals surface area contributed by atoms with Gasteiger partial charge in [0.2, 0.25) is 21.8 Å². The van der Waals surface area contributed by atoms with Gasteiger partial charge in [-0.15, -0.1) is 0 Å². The molecule has 0 unspecified atom stereocenters. The molecule has 8 nitrogen and oxygen atoms in total. The van der Waals surface area contributed by atoms with Gasteiger partial charge in [0, 0.05) is 30.1 Å². The fraction of sp³-hybridized carbons (Fsp3) is 0.481. The molecule has 0 saturated carbocycles. The molecule has 0 bridgehead atoms. The molecule has 1 N–H and O–H groups in total. The quantitative estimate of drug-likeness (QED) is 0.415. The van der Waals surface area contributed by atoms with Crippen molar-refractivity contribution in [1.29, 1.82) is 0 Å². The van der Waals surface area contributed by atoms with Gasteiger partial charge in [-0.1, -0.05) is 42.8 Å². The number of para-hydroxylation sites is 2. The summed E-state index contributed by atoms with van der Waals surface area (Å²) in [7, 11) is -2.15. The van der Waals surface area contributed by atoms with E-state index in [0.717, 1.165) is 11.8 Å². The highest BCUT2D eigenvalue weighted by Crippen LogP contribution is 2.30. The lowest BCUT2D eigenvalue weighted by Crippen LogP contribution is -2.53. The highest BCUT2D eigenvalue weighted by molar-refractivity contribution is 7.92. The number of methoxy groups -OCH3 is 1. The van der Waals surface area contributed by atoms with Crippen LogP contribution in [0, 0.1) is 0 Å². The van der Waals surface area contributed by atoms with E-state index in [9.17, 15) is 18.0 Å². The predicted molar refractivity (Wildman–Crippen MR) is 148 cm³/mol. The molecule has 0 spiro atoms. The summed E-state index contributed by atoms with van der Waals surface area (Å²) < 4.78 is 31.7. The number of nitrogens with zero attached hydrogens (tertiary/aromatic N) is 2. The van der Waals surface area contributed by atoms with Crippen LogP contribution in [0.4, 0.5) is 5.69 Å². The Bertz CT molecular complexity index is 1160. The molecular weight excluding hydrogens is 514 g/mol. The number of rotatable bonds is 12. The molecule has 0 aliphatic rings. The predicted octanol–water partition coefficient (Wildman–Crippen LogP) is 4.62. The second-order valence-corrected chi connectivity index (χ2v) is 12.3. The molecule has 2 aromatic rings. The van der Waals surface area contributed by atoms with E-state index < -0.39 is 21.6 Å². The first-order valence-corrected chi connectivity index (χ1v) is 14.5. The average molecular weight is 552 g/mol. The van der Waals surface area contributed by atoms with Gasteiger partial charge in [0.15, 0.2) is 0 Å². The molecule has 0 aliphatic heterocycles. The van der Waals surface area contributed by atoms with Crippen molar-refractivity contribution in [3.05, 3.63) is 59.1 Å². The second-order valence-electron chi connectivity index (χ2n) is 9.92. The number of carbonyl (C=O) groups excluding carboxylic acids is 2. The minimum atomic E-state index is -3.62. The number of amides is 2. The summed E-state index contributed by atoms with van der Waals surface area (Å²) in [6.45, 7) is 7.85. The molecule has 10 heteroatoms. The van der Waals surface area contributed by atoms with Crippen molar-refractivity contribution in [2.24, 2.45) is 0 Å². The minimum Gasteiger partial charge on any atom is -0.495 e. The Labute approximate surface area is 226 Å². The van der Waals surface area contributed by atoms with E-state index in [1.54, 1.807) is 41.3 Å². The summed E-state index contributed by atoms with van der Waals surface area (Å²) in [5, 5.41) is 3.55. The largest absolute Gasteiger partial charge is 0.495 e. The number of benzene rings is 2. The van der Waals surface area contributed by atoms with Gasteiger partial charge < -0.3 is 15.0 Å². The van der Waals surface area contributed by atoms with Crippen LogP contribution in [-0.4, -0.2) is 56.6 Å². The SMILES string of the molecule is CC[C@@H](C(=O)NC(C)(C)C)N(Cc1ccc(Cl)cc1)C(=O)CCCN(c1ccccc1OC)S(C)(=O)=O. The Kier molecular flexibility index (Phi) is 10.8. The van der Waals surface area contributed by atoms with Gasteiger partial charge in [-0.3, -0.25) is 13.9 Å². The minimum absolute atomic E-state index is 0.0635.